The maximum absolute atomic E-state index is 15.1. The van der Waals surface area contributed by atoms with Crippen LogP contribution in [0.2, 0.25) is 0 Å². The molecule has 54 heavy (non-hydrogen) atoms. The molecule has 0 bridgehead atoms. The number of rotatable bonds is 12. The highest BCUT2D eigenvalue weighted by molar-refractivity contribution is 9.10. The molecule has 4 aromatic carbocycles. The number of carbonyl (C=O) groups is 2. The Kier molecular flexibility index (Phi) is 13.2. The van der Waals surface area contributed by atoms with E-state index in [2.05, 4.69) is 63.4 Å². The summed E-state index contributed by atoms with van der Waals surface area (Å²) < 4.78 is 62.6. The highest BCUT2D eigenvalue weighted by Crippen LogP contribution is 2.34. The molecule has 0 unspecified atom stereocenters. The van der Waals surface area contributed by atoms with Gasteiger partial charge in [-0.05, 0) is 48.5 Å². The third-order valence-electron chi connectivity index (χ3n) is 7.51. The molecule has 0 spiro atoms. The van der Waals surface area contributed by atoms with Gasteiger partial charge in [-0.2, -0.15) is 0 Å². The van der Waals surface area contributed by atoms with Crippen molar-refractivity contribution in [3.8, 4) is 0 Å². The molecule has 0 aliphatic rings. The molecular formula is C34H30Br2F4N8O6. The van der Waals surface area contributed by atoms with Crippen LogP contribution < -0.4 is 21.6 Å². The predicted molar refractivity (Wildman–Crippen MR) is 197 cm³/mol. The van der Waals surface area contributed by atoms with Crippen molar-refractivity contribution in [2.24, 2.45) is 14.1 Å². The van der Waals surface area contributed by atoms with Gasteiger partial charge in [0, 0.05) is 23.0 Å². The minimum atomic E-state index is -0.803. The number of nitrogens with zero attached hydrogens (tertiary/aromatic N) is 4. The molecule has 284 valence electrons. The van der Waals surface area contributed by atoms with Crippen LogP contribution in [0, 0.1) is 23.3 Å². The molecular weight excluding hydrogens is 852 g/mol. The Morgan fingerprint density at radius 2 is 1.07 bits per heavy atom. The molecule has 2 amide bonds. The highest BCUT2D eigenvalue weighted by atomic mass is 79.9. The average molecular weight is 882 g/mol. The summed E-state index contributed by atoms with van der Waals surface area (Å²) >= 11 is 6.30. The summed E-state index contributed by atoms with van der Waals surface area (Å²) in [5.41, 5.74) is 4.32. The van der Waals surface area contributed by atoms with Crippen molar-refractivity contribution in [1.29, 1.82) is 0 Å². The molecule has 6 aromatic rings. The summed E-state index contributed by atoms with van der Waals surface area (Å²) in [5, 5.41) is 22.7. The van der Waals surface area contributed by atoms with Gasteiger partial charge in [0.25, 0.3) is 11.8 Å². The van der Waals surface area contributed by atoms with E-state index < -0.39 is 35.1 Å². The van der Waals surface area contributed by atoms with Crippen molar-refractivity contribution in [2.75, 3.05) is 37.1 Å². The lowest BCUT2D eigenvalue weighted by molar-refractivity contribution is 0.0166. The monoisotopic (exact) mass is 880 g/mol. The number of imidazole rings is 2. The number of amides is 2. The number of hydrogen-bond acceptors (Lipinski definition) is 10. The molecule has 0 aliphatic heterocycles. The number of aliphatic hydroxyl groups is 2. The van der Waals surface area contributed by atoms with Gasteiger partial charge in [-0.3, -0.25) is 19.3 Å². The van der Waals surface area contributed by atoms with Crippen LogP contribution in [-0.2, 0) is 23.8 Å². The Hall–Kier alpha value is -5.12. The molecule has 0 saturated carbocycles. The van der Waals surface area contributed by atoms with Gasteiger partial charge in [0.2, 0.25) is 0 Å². The maximum Gasteiger partial charge on any atom is 0.277 e. The summed E-state index contributed by atoms with van der Waals surface area (Å²) in [6.07, 6.45) is 2.81. The summed E-state index contributed by atoms with van der Waals surface area (Å²) in [4.78, 5) is 42.5. The van der Waals surface area contributed by atoms with Crippen LogP contribution >= 0.6 is 31.9 Å². The van der Waals surface area contributed by atoms with Crippen molar-refractivity contribution >= 4 is 88.5 Å². The van der Waals surface area contributed by atoms with Crippen LogP contribution in [0.25, 0.3) is 22.1 Å². The number of nitrogens with one attached hydrogen (secondary N) is 4. The Labute approximate surface area is 320 Å². The van der Waals surface area contributed by atoms with Gasteiger partial charge in [0.1, 0.15) is 22.7 Å². The zero-order chi connectivity index (χ0) is 39.1. The lowest BCUT2D eigenvalue weighted by Crippen LogP contribution is -2.26. The van der Waals surface area contributed by atoms with Gasteiger partial charge >= 0.3 is 0 Å². The van der Waals surface area contributed by atoms with Crippen molar-refractivity contribution in [3.63, 3.8) is 0 Å². The molecule has 0 radical (unpaired) electrons. The summed E-state index contributed by atoms with van der Waals surface area (Å²) in [6, 6.07) is 11.2. The molecule has 14 nitrogen and oxygen atoms in total. The lowest BCUT2D eigenvalue weighted by Gasteiger charge is -2.15. The molecule has 0 saturated heterocycles. The first-order valence-electron chi connectivity index (χ1n) is 15.6. The van der Waals surface area contributed by atoms with Crippen LogP contribution in [-0.4, -0.2) is 67.6 Å². The van der Waals surface area contributed by atoms with Crippen LogP contribution in [0.15, 0.2) is 70.1 Å². The van der Waals surface area contributed by atoms with E-state index in [-0.39, 0.29) is 71.3 Å². The Bertz CT molecular complexity index is 2180. The van der Waals surface area contributed by atoms with E-state index in [4.69, 9.17) is 19.9 Å². The van der Waals surface area contributed by atoms with Gasteiger partial charge in [-0.25, -0.2) is 38.5 Å². The second-order valence-corrected chi connectivity index (χ2v) is 13.0. The number of carbonyl (C=O) groups excluding carboxylic acids is 2. The zero-order valence-electron chi connectivity index (χ0n) is 28.2. The number of hydroxylamine groups is 2. The minimum absolute atomic E-state index is 0.0160. The lowest BCUT2D eigenvalue weighted by atomic mass is 10.1. The molecule has 20 heteroatoms. The third kappa shape index (κ3) is 8.97. The van der Waals surface area contributed by atoms with Crippen molar-refractivity contribution in [2.45, 2.75) is 0 Å². The number of anilines is 4. The number of benzene rings is 4. The van der Waals surface area contributed by atoms with Crippen molar-refractivity contribution < 1.29 is 47.0 Å². The van der Waals surface area contributed by atoms with Crippen molar-refractivity contribution in [1.82, 2.24) is 30.1 Å². The molecule has 6 rings (SSSR count). The fourth-order valence-electron chi connectivity index (χ4n) is 4.94. The zero-order valence-corrected chi connectivity index (χ0v) is 31.4. The molecule has 0 atom stereocenters. The number of hydrogen-bond donors (Lipinski definition) is 6. The van der Waals surface area contributed by atoms with Gasteiger partial charge < -0.3 is 30.0 Å². The normalized spacial score (nSPS) is 11.0. The maximum atomic E-state index is 15.1. The van der Waals surface area contributed by atoms with Crippen LogP contribution in [0.4, 0.5) is 40.3 Å². The first-order chi connectivity index (χ1) is 25.8. The molecule has 0 fully saturated rings. The topological polar surface area (TPSA) is 177 Å². The SMILES string of the molecule is Cn1cnc2c(F)c(Nc3ccc(Br)cc3F)c(C(=O)NOCCO)cc21.Cn1cnc2c(F)c(Nc3ccc(Br)cc3F)c(C(=O)NOCCO)cc21. The minimum Gasteiger partial charge on any atom is -0.394 e. The Morgan fingerprint density at radius 1 is 0.685 bits per heavy atom. The van der Waals surface area contributed by atoms with E-state index >= 15 is 8.78 Å². The number of aliphatic hydroxyl groups excluding tert-OH is 2. The van der Waals surface area contributed by atoms with Crippen LogP contribution in [0.1, 0.15) is 20.7 Å². The number of fused-ring (bicyclic) bond motifs is 2. The number of aromatic nitrogens is 4. The van der Waals surface area contributed by atoms with Gasteiger partial charge in [0.05, 0.1) is 84.0 Å². The van der Waals surface area contributed by atoms with E-state index in [1.54, 1.807) is 35.4 Å². The van der Waals surface area contributed by atoms with Crippen molar-refractivity contribution in [3.05, 3.63) is 105 Å². The van der Waals surface area contributed by atoms with E-state index in [1.807, 2.05) is 0 Å². The second-order valence-electron chi connectivity index (χ2n) is 11.2. The van der Waals surface area contributed by atoms with E-state index in [9.17, 15) is 18.4 Å². The van der Waals surface area contributed by atoms with Gasteiger partial charge in [-0.15, -0.1) is 0 Å². The fraction of sp³-hybridized carbons (Fsp3) is 0.176. The second kappa shape index (κ2) is 17.8. The number of aryl methyl sites for hydroxylation is 2. The summed E-state index contributed by atoms with van der Waals surface area (Å²) in [7, 11) is 3.31. The Morgan fingerprint density at radius 3 is 1.43 bits per heavy atom. The smallest absolute Gasteiger partial charge is 0.277 e. The number of halogens is 6. The summed E-state index contributed by atoms with van der Waals surface area (Å²) in [5.74, 6) is -4.39. The first kappa shape index (κ1) is 40.1. The molecule has 2 aromatic heterocycles. The molecule has 6 N–H and O–H groups in total. The summed E-state index contributed by atoms with van der Waals surface area (Å²) in [6.45, 7) is -0.867. The van der Waals surface area contributed by atoms with Gasteiger partial charge in [-0.1, -0.05) is 31.9 Å². The largest absolute Gasteiger partial charge is 0.394 e. The van der Waals surface area contributed by atoms with Crippen LogP contribution in [0.3, 0.4) is 0 Å². The standard InChI is InChI=1S/2C17H15BrF2N4O3/c2*1-24-8-21-16-13(24)7-10(17(26)23-27-5-4-25)15(14(16)20)22-12-3-2-9(18)6-11(12)19/h2*2-3,6-8,22,25H,4-5H2,1H3,(H,23,26). The molecule has 0 aliphatic carbocycles. The Balaban J connectivity index is 0.000000208. The fourth-order valence-corrected chi connectivity index (χ4v) is 5.60. The molecule has 2 heterocycles. The quantitative estimate of drug-likeness (QED) is 0.0484. The van der Waals surface area contributed by atoms with Gasteiger partial charge in [0.15, 0.2) is 11.6 Å². The van der Waals surface area contributed by atoms with E-state index in [1.165, 1.54) is 49.1 Å². The van der Waals surface area contributed by atoms with E-state index in [0.29, 0.717) is 20.0 Å². The average Bonchev–Trinajstić information content (AvgIpc) is 3.71. The van der Waals surface area contributed by atoms with Crippen LogP contribution in [0.5, 0.6) is 0 Å². The third-order valence-corrected chi connectivity index (χ3v) is 8.49. The predicted octanol–water partition coefficient (Wildman–Crippen LogP) is 6.02. The first-order valence-corrected chi connectivity index (χ1v) is 17.2. The highest BCUT2D eigenvalue weighted by Gasteiger charge is 2.24. The van der Waals surface area contributed by atoms with E-state index in [0.717, 1.165) is 0 Å².